The van der Waals surface area contributed by atoms with Gasteiger partial charge in [-0.2, -0.15) is 0 Å². The van der Waals surface area contributed by atoms with Crippen molar-refractivity contribution in [2.24, 2.45) is 5.92 Å². The first-order valence-electron chi connectivity index (χ1n) is 9.32. The fourth-order valence-corrected chi connectivity index (χ4v) is 3.06. The number of aryl methyl sites for hydroxylation is 1. The molecule has 1 unspecified atom stereocenters. The number of ether oxygens (including phenoxy) is 2. The van der Waals surface area contributed by atoms with Crippen LogP contribution < -0.4 is 5.32 Å². The van der Waals surface area contributed by atoms with E-state index in [1.165, 1.54) is 5.56 Å². The van der Waals surface area contributed by atoms with Crippen molar-refractivity contribution in [3.8, 4) is 0 Å². The van der Waals surface area contributed by atoms with Gasteiger partial charge in [-0.3, -0.25) is 14.9 Å². The van der Waals surface area contributed by atoms with E-state index in [0.717, 1.165) is 12.0 Å². The Labute approximate surface area is 156 Å². The average molecular weight is 361 g/mol. The Hall–Kier alpha value is -1.88. The molecule has 1 aliphatic rings. The predicted molar refractivity (Wildman–Crippen MR) is 101 cm³/mol. The van der Waals surface area contributed by atoms with E-state index in [0.29, 0.717) is 19.4 Å². The maximum Gasteiger partial charge on any atom is 0.327 e. The Bertz CT molecular complexity index is 648. The molecule has 0 spiro atoms. The fraction of sp³-hybridized carbons (Fsp3) is 0.619. The van der Waals surface area contributed by atoms with Gasteiger partial charge < -0.3 is 9.47 Å². The Kier molecular flexibility index (Phi) is 6.45. The molecule has 2 rings (SSSR count). The summed E-state index contributed by atoms with van der Waals surface area (Å²) >= 11 is 0. The van der Waals surface area contributed by atoms with Crippen molar-refractivity contribution < 1.29 is 19.1 Å². The minimum absolute atomic E-state index is 0.00582. The predicted octanol–water partition coefficient (Wildman–Crippen LogP) is 3.04. The van der Waals surface area contributed by atoms with E-state index < -0.39 is 11.1 Å². The van der Waals surface area contributed by atoms with Crippen LogP contribution in [0.5, 0.6) is 0 Å². The van der Waals surface area contributed by atoms with E-state index in [9.17, 15) is 9.59 Å². The number of fused-ring (bicyclic) bond motifs is 1. The normalized spacial score (nSPS) is 19.8. The first-order valence-corrected chi connectivity index (χ1v) is 9.32. The molecule has 5 heteroatoms. The van der Waals surface area contributed by atoms with E-state index in [1.807, 2.05) is 52.8 Å². The summed E-state index contributed by atoms with van der Waals surface area (Å²) in [5.74, 6) is -0.378. The van der Waals surface area contributed by atoms with Crippen molar-refractivity contribution in [2.75, 3.05) is 13.2 Å². The van der Waals surface area contributed by atoms with E-state index in [2.05, 4.69) is 11.4 Å². The highest BCUT2D eigenvalue weighted by atomic mass is 16.6. The summed E-state index contributed by atoms with van der Waals surface area (Å²) in [6.45, 7) is 9.91. The SMILES string of the molecule is CC(C)COC(=O)CNC1(C(=O)OC(C)(C)C)CCc2ccccc2C1. The molecule has 0 saturated carbocycles. The van der Waals surface area contributed by atoms with Crippen LogP contribution in [0.1, 0.15) is 52.2 Å². The lowest BCUT2D eigenvalue weighted by atomic mass is 9.77. The van der Waals surface area contributed by atoms with Gasteiger partial charge in [-0.05, 0) is 50.7 Å². The van der Waals surface area contributed by atoms with E-state index in [-0.39, 0.29) is 24.4 Å². The van der Waals surface area contributed by atoms with Crippen molar-refractivity contribution in [3.05, 3.63) is 35.4 Å². The van der Waals surface area contributed by atoms with Crippen LogP contribution in [0.15, 0.2) is 24.3 Å². The third-order valence-corrected chi connectivity index (χ3v) is 4.37. The lowest BCUT2D eigenvalue weighted by molar-refractivity contribution is -0.164. The number of rotatable bonds is 6. The molecule has 1 aromatic carbocycles. The minimum Gasteiger partial charge on any atom is -0.464 e. The van der Waals surface area contributed by atoms with E-state index in [1.54, 1.807) is 0 Å². The van der Waals surface area contributed by atoms with Gasteiger partial charge in [0, 0.05) is 6.42 Å². The van der Waals surface area contributed by atoms with Gasteiger partial charge in [0.1, 0.15) is 11.1 Å². The monoisotopic (exact) mass is 361 g/mol. The summed E-state index contributed by atoms with van der Waals surface area (Å²) in [6.07, 6.45) is 1.87. The maximum absolute atomic E-state index is 13.0. The Balaban J connectivity index is 2.15. The van der Waals surface area contributed by atoms with Crippen molar-refractivity contribution in [1.82, 2.24) is 5.32 Å². The molecular weight excluding hydrogens is 330 g/mol. The summed E-state index contributed by atoms with van der Waals surface area (Å²) in [4.78, 5) is 25.0. The van der Waals surface area contributed by atoms with Gasteiger partial charge in [0.05, 0.1) is 13.2 Å². The van der Waals surface area contributed by atoms with Crippen molar-refractivity contribution >= 4 is 11.9 Å². The molecule has 0 amide bonds. The largest absolute Gasteiger partial charge is 0.464 e. The standard InChI is InChI=1S/C21H31NO4/c1-15(2)14-25-18(23)13-22-21(19(24)26-20(3,4)5)11-10-16-8-6-7-9-17(16)12-21/h6-9,15,22H,10-14H2,1-5H3. The second-order valence-electron chi connectivity index (χ2n) is 8.46. The molecule has 0 fully saturated rings. The van der Waals surface area contributed by atoms with Gasteiger partial charge >= 0.3 is 11.9 Å². The molecule has 0 aromatic heterocycles. The number of nitrogens with one attached hydrogen (secondary N) is 1. The Morgan fingerprint density at radius 3 is 2.46 bits per heavy atom. The van der Waals surface area contributed by atoms with Crippen molar-refractivity contribution in [2.45, 2.75) is 65.0 Å². The number of hydrogen-bond acceptors (Lipinski definition) is 5. The molecule has 5 nitrogen and oxygen atoms in total. The second kappa shape index (κ2) is 8.21. The van der Waals surface area contributed by atoms with Gasteiger partial charge in [-0.1, -0.05) is 38.1 Å². The van der Waals surface area contributed by atoms with Gasteiger partial charge in [0.25, 0.3) is 0 Å². The van der Waals surface area contributed by atoms with Crippen molar-refractivity contribution in [3.63, 3.8) is 0 Å². The molecule has 1 N–H and O–H groups in total. The number of esters is 2. The van der Waals surface area contributed by atoms with Gasteiger partial charge in [0.15, 0.2) is 0 Å². The topological polar surface area (TPSA) is 64.6 Å². The van der Waals surface area contributed by atoms with E-state index >= 15 is 0 Å². The third kappa shape index (κ3) is 5.56. The van der Waals surface area contributed by atoms with Crippen LogP contribution in [0.4, 0.5) is 0 Å². The molecule has 0 aliphatic heterocycles. The molecule has 0 saturated heterocycles. The number of benzene rings is 1. The van der Waals surface area contributed by atoms with Crippen LogP contribution in [0.25, 0.3) is 0 Å². The summed E-state index contributed by atoms with van der Waals surface area (Å²) < 4.78 is 10.9. The highest BCUT2D eigenvalue weighted by Gasteiger charge is 2.44. The molecular formula is C21H31NO4. The third-order valence-electron chi connectivity index (χ3n) is 4.37. The summed E-state index contributed by atoms with van der Waals surface area (Å²) in [5, 5.41) is 3.17. The Morgan fingerprint density at radius 2 is 1.85 bits per heavy atom. The van der Waals surface area contributed by atoms with Crippen molar-refractivity contribution in [1.29, 1.82) is 0 Å². The van der Waals surface area contributed by atoms with Crippen LogP contribution in [-0.4, -0.2) is 36.2 Å². The quantitative estimate of drug-likeness (QED) is 0.789. The molecule has 144 valence electrons. The van der Waals surface area contributed by atoms with Crippen LogP contribution in [0, 0.1) is 5.92 Å². The molecule has 1 aromatic rings. The zero-order valence-corrected chi connectivity index (χ0v) is 16.6. The van der Waals surface area contributed by atoms with Gasteiger partial charge in [0.2, 0.25) is 0 Å². The maximum atomic E-state index is 13.0. The van der Waals surface area contributed by atoms with Crippen LogP contribution in [0.3, 0.4) is 0 Å². The van der Waals surface area contributed by atoms with Gasteiger partial charge in [-0.15, -0.1) is 0 Å². The molecule has 0 radical (unpaired) electrons. The molecule has 0 bridgehead atoms. The van der Waals surface area contributed by atoms with Crippen LogP contribution in [-0.2, 0) is 31.9 Å². The van der Waals surface area contributed by atoms with E-state index in [4.69, 9.17) is 9.47 Å². The zero-order chi connectivity index (χ0) is 19.4. The molecule has 26 heavy (non-hydrogen) atoms. The lowest BCUT2D eigenvalue weighted by Crippen LogP contribution is -2.59. The van der Waals surface area contributed by atoms with Crippen LogP contribution >= 0.6 is 0 Å². The first-order chi connectivity index (χ1) is 12.1. The summed E-state index contributed by atoms with van der Waals surface area (Å²) in [6, 6.07) is 8.11. The highest BCUT2D eigenvalue weighted by Crippen LogP contribution is 2.31. The lowest BCUT2D eigenvalue weighted by Gasteiger charge is -2.38. The Morgan fingerprint density at radius 1 is 1.19 bits per heavy atom. The summed E-state index contributed by atoms with van der Waals surface area (Å²) in [7, 11) is 0. The second-order valence-corrected chi connectivity index (χ2v) is 8.46. The summed E-state index contributed by atoms with van der Waals surface area (Å²) in [5.41, 5.74) is 0.878. The zero-order valence-electron chi connectivity index (χ0n) is 16.6. The molecule has 1 aliphatic carbocycles. The molecule has 0 heterocycles. The number of carbonyl (C=O) groups excluding carboxylic acids is 2. The van der Waals surface area contributed by atoms with Gasteiger partial charge in [-0.25, -0.2) is 0 Å². The average Bonchev–Trinajstić information content (AvgIpc) is 2.56. The number of hydrogen-bond donors (Lipinski definition) is 1. The minimum atomic E-state index is -0.904. The highest BCUT2D eigenvalue weighted by molar-refractivity contribution is 5.83. The van der Waals surface area contributed by atoms with Crippen LogP contribution in [0.2, 0.25) is 0 Å². The fourth-order valence-electron chi connectivity index (χ4n) is 3.06. The molecule has 1 atom stereocenters. The first kappa shape index (κ1) is 20.4. The smallest absolute Gasteiger partial charge is 0.327 e. The number of carbonyl (C=O) groups is 2.